The Hall–Kier alpha value is -2.64. The predicted molar refractivity (Wildman–Crippen MR) is 106 cm³/mol. The van der Waals surface area contributed by atoms with Gasteiger partial charge in [-0.1, -0.05) is 18.2 Å². The maximum atomic E-state index is 9.82. The van der Waals surface area contributed by atoms with E-state index in [9.17, 15) is 5.11 Å². The first-order chi connectivity index (χ1) is 13.7. The molecular weight excluding hydrogens is 354 g/mol. The lowest BCUT2D eigenvalue weighted by atomic mass is 10.1. The van der Waals surface area contributed by atoms with Gasteiger partial charge in [-0.25, -0.2) is 4.98 Å². The van der Waals surface area contributed by atoms with Crippen molar-refractivity contribution < 1.29 is 9.84 Å². The lowest BCUT2D eigenvalue weighted by Crippen LogP contribution is -2.23. The molecule has 1 aliphatic heterocycles. The molecule has 0 saturated carbocycles. The van der Waals surface area contributed by atoms with Gasteiger partial charge in [-0.15, -0.1) is 0 Å². The number of para-hydroxylation sites is 1. The standard InChI is InChI=1S/C21H27N5O2/c1-17(27)20-13-19-15-25(8-4-9-26(19)23-20)14-18-5-2-3-6-21(18)28-12-11-24-10-7-22-16-24/h2-3,5-7,10,13,16-17,27H,4,8-9,11-12,14-15H2,1H3/t17-/m1/s1. The Balaban J connectivity index is 1.41. The number of aromatic nitrogens is 4. The SMILES string of the molecule is C[C@@H](O)c1cc2n(n1)CCCN(Cc1ccccc1OCCn1ccnc1)C2. The zero-order chi connectivity index (χ0) is 19.3. The highest BCUT2D eigenvalue weighted by Gasteiger charge is 2.19. The van der Waals surface area contributed by atoms with Crippen molar-refractivity contribution in [1.82, 2.24) is 24.2 Å². The Kier molecular flexibility index (Phi) is 5.73. The maximum Gasteiger partial charge on any atom is 0.123 e. The molecule has 0 radical (unpaired) electrons. The second-order valence-corrected chi connectivity index (χ2v) is 7.28. The van der Waals surface area contributed by atoms with Crippen LogP contribution in [-0.4, -0.2) is 42.5 Å². The van der Waals surface area contributed by atoms with E-state index in [1.165, 1.54) is 5.56 Å². The summed E-state index contributed by atoms with van der Waals surface area (Å²) in [6, 6.07) is 10.3. The number of rotatable bonds is 7. The van der Waals surface area contributed by atoms with E-state index < -0.39 is 6.10 Å². The molecule has 0 saturated heterocycles. The van der Waals surface area contributed by atoms with Crippen LogP contribution in [0.2, 0.25) is 0 Å². The fraction of sp³-hybridized carbons (Fsp3) is 0.429. The average Bonchev–Trinajstić information content (AvgIpc) is 3.30. The van der Waals surface area contributed by atoms with Gasteiger partial charge in [0.2, 0.25) is 0 Å². The van der Waals surface area contributed by atoms with Gasteiger partial charge in [0.1, 0.15) is 12.4 Å². The molecule has 2 aromatic heterocycles. The summed E-state index contributed by atoms with van der Waals surface area (Å²) in [6.45, 7) is 6.70. The van der Waals surface area contributed by atoms with Gasteiger partial charge in [-0.3, -0.25) is 9.58 Å². The summed E-state index contributed by atoms with van der Waals surface area (Å²) in [6.07, 6.45) is 6.03. The van der Waals surface area contributed by atoms with Crippen LogP contribution in [0.4, 0.5) is 0 Å². The first-order valence-corrected chi connectivity index (χ1v) is 9.82. The second kappa shape index (κ2) is 8.58. The average molecular weight is 381 g/mol. The number of aliphatic hydroxyl groups is 1. The van der Waals surface area contributed by atoms with Crippen molar-refractivity contribution in [1.29, 1.82) is 0 Å². The molecule has 28 heavy (non-hydrogen) atoms. The number of imidazole rings is 1. The molecule has 1 aliphatic rings. The molecule has 0 bridgehead atoms. The highest BCUT2D eigenvalue weighted by Crippen LogP contribution is 2.23. The van der Waals surface area contributed by atoms with Crippen molar-refractivity contribution >= 4 is 0 Å². The molecule has 3 aromatic rings. The van der Waals surface area contributed by atoms with Crippen molar-refractivity contribution in [2.24, 2.45) is 0 Å². The Labute approximate surface area is 165 Å². The smallest absolute Gasteiger partial charge is 0.123 e. The minimum absolute atomic E-state index is 0.530. The van der Waals surface area contributed by atoms with Gasteiger partial charge in [0.25, 0.3) is 0 Å². The van der Waals surface area contributed by atoms with Gasteiger partial charge in [0.05, 0.1) is 30.4 Å². The van der Waals surface area contributed by atoms with E-state index in [0.29, 0.717) is 6.61 Å². The summed E-state index contributed by atoms with van der Waals surface area (Å²) in [5.41, 5.74) is 3.10. The van der Waals surface area contributed by atoms with Gasteiger partial charge < -0.3 is 14.4 Å². The predicted octanol–water partition coefficient (Wildman–Crippen LogP) is 2.62. The molecule has 0 spiro atoms. The van der Waals surface area contributed by atoms with Crippen LogP contribution in [0.15, 0.2) is 49.1 Å². The lowest BCUT2D eigenvalue weighted by Gasteiger charge is -2.21. The van der Waals surface area contributed by atoms with E-state index in [4.69, 9.17) is 4.74 Å². The van der Waals surface area contributed by atoms with Crippen LogP contribution in [0.1, 0.15) is 36.4 Å². The number of benzene rings is 1. The summed E-state index contributed by atoms with van der Waals surface area (Å²) < 4.78 is 10.1. The summed E-state index contributed by atoms with van der Waals surface area (Å²) in [7, 11) is 0. The van der Waals surface area contributed by atoms with Crippen molar-refractivity contribution in [3.63, 3.8) is 0 Å². The molecule has 7 heteroatoms. The number of aliphatic hydroxyl groups excluding tert-OH is 1. The second-order valence-electron chi connectivity index (χ2n) is 7.28. The zero-order valence-corrected chi connectivity index (χ0v) is 16.2. The van der Waals surface area contributed by atoms with Crippen LogP contribution in [0, 0.1) is 0 Å². The minimum atomic E-state index is -0.530. The Morgan fingerprint density at radius 2 is 2.14 bits per heavy atom. The van der Waals surface area contributed by atoms with Crippen molar-refractivity contribution in [2.45, 2.75) is 45.6 Å². The highest BCUT2D eigenvalue weighted by atomic mass is 16.5. The summed E-state index contributed by atoms with van der Waals surface area (Å²) in [4.78, 5) is 6.48. The topological polar surface area (TPSA) is 68.3 Å². The third-order valence-electron chi connectivity index (χ3n) is 5.07. The molecule has 4 rings (SSSR count). The highest BCUT2D eigenvalue weighted by molar-refractivity contribution is 5.33. The summed E-state index contributed by atoms with van der Waals surface area (Å²) in [5, 5.41) is 14.4. The fourth-order valence-electron chi connectivity index (χ4n) is 3.59. The van der Waals surface area contributed by atoms with Crippen LogP contribution in [0.3, 0.4) is 0 Å². The number of hydrogen-bond acceptors (Lipinski definition) is 5. The Morgan fingerprint density at radius 1 is 1.25 bits per heavy atom. The van der Waals surface area contributed by atoms with E-state index >= 15 is 0 Å². The maximum absolute atomic E-state index is 9.82. The lowest BCUT2D eigenvalue weighted by molar-refractivity contribution is 0.193. The minimum Gasteiger partial charge on any atom is -0.491 e. The molecule has 7 nitrogen and oxygen atoms in total. The van der Waals surface area contributed by atoms with E-state index in [1.54, 1.807) is 19.4 Å². The van der Waals surface area contributed by atoms with Gasteiger partial charge in [-0.2, -0.15) is 5.10 Å². The first-order valence-electron chi connectivity index (χ1n) is 9.82. The Morgan fingerprint density at radius 3 is 2.96 bits per heavy atom. The zero-order valence-electron chi connectivity index (χ0n) is 16.2. The van der Waals surface area contributed by atoms with Crippen molar-refractivity contribution in [3.05, 3.63) is 66.0 Å². The molecule has 148 valence electrons. The van der Waals surface area contributed by atoms with Gasteiger partial charge >= 0.3 is 0 Å². The van der Waals surface area contributed by atoms with E-state index in [-0.39, 0.29) is 0 Å². The van der Waals surface area contributed by atoms with Gasteiger partial charge in [-0.05, 0) is 25.5 Å². The molecular formula is C21H27N5O2. The monoisotopic (exact) mass is 381 g/mol. The molecule has 1 aromatic carbocycles. The van der Waals surface area contributed by atoms with Gasteiger partial charge in [0.15, 0.2) is 0 Å². The van der Waals surface area contributed by atoms with E-state index in [0.717, 1.165) is 56.3 Å². The third kappa shape index (κ3) is 4.43. The number of ether oxygens (including phenoxy) is 1. The number of nitrogens with zero attached hydrogens (tertiary/aromatic N) is 5. The largest absolute Gasteiger partial charge is 0.491 e. The first kappa shape index (κ1) is 18.7. The van der Waals surface area contributed by atoms with Crippen LogP contribution >= 0.6 is 0 Å². The van der Waals surface area contributed by atoms with E-state index in [2.05, 4.69) is 27.1 Å². The summed E-state index contributed by atoms with van der Waals surface area (Å²) in [5.74, 6) is 0.935. The number of fused-ring (bicyclic) bond motifs is 1. The molecule has 0 fully saturated rings. The van der Waals surface area contributed by atoms with Crippen LogP contribution < -0.4 is 4.74 Å². The Bertz CT molecular complexity index is 888. The third-order valence-corrected chi connectivity index (χ3v) is 5.07. The number of hydrogen-bond donors (Lipinski definition) is 1. The van der Waals surface area contributed by atoms with Crippen molar-refractivity contribution in [3.8, 4) is 5.75 Å². The van der Waals surface area contributed by atoms with Crippen LogP contribution in [0.5, 0.6) is 5.75 Å². The normalized spacial score (nSPS) is 15.8. The molecule has 0 amide bonds. The summed E-state index contributed by atoms with van der Waals surface area (Å²) >= 11 is 0. The quantitative estimate of drug-likeness (QED) is 0.681. The molecule has 0 aliphatic carbocycles. The van der Waals surface area contributed by atoms with E-state index in [1.807, 2.05) is 33.6 Å². The van der Waals surface area contributed by atoms with Crippen molar-refractivity contribution in [2.75, 3.05) is 13.2 Å². The molecule has 1 N–H and O–H groups in total. The molecule has 1 atom stereocenters. The fourth-order valence-corrected chi connectivity index (χ4v) is 3.59. The van der Waals surface area contributed by atoms with Gasteiger partial charge in [0, 0.05) is 44.1 Å². The van der Waals surface area contributed by atoms with Crippen LogP contribution in [0.25, 0.3) is 0 Å². The molecule has 3 heterocycles. The number of aryl methyl sites for hydroxylation is 1. The van der Waals surface area contributed by atoms with Crippen LogP contribution in [-0.2, 0) is 26.2 Å². The molecule has 0 unspecified atom stereocenters.